The number of hydrogen-bond donors (Lipinski definition) is 2. The van der Waals surface area contributed by atoms with Crippen molar-refractivity contribution in [1.29, 1.82) is 0 Å². The first-order chi connectivity index (χ1) is 18.9. The number of carbonyl (C=O) groups is 1. The molecule has 0 aliphatic heterocycles. The van der Waals surface area contributed by atoms with Gasteiger partial charge in [-0.25, -0.2) is 9.37 Å². The minimum atomic E-state index is -0.162. The van der Waals surface area contributed by atoms with Crippen molar-refractivity contribution in [3.05, 3.63) is 125 Å². The Morgan fingerprint density at radius 3 is 2.31 bits per heavy atom. The van der Waals surface area contributed by atoms with E-state index in [1.807, 2.05) is 49.5 Å². The van der Waals surface area contributed by atoms with Crippen LogP contribution in [0.4, 0.5) is 15.9 Å². The SMILES string of the molecule is C=C.C=O.CNc1cccc(CNc2cc(-c3ccccc3C)nc3c(Br)cnn23)c1.Cc1cccc(F)c1. The van der Waals surface area contributed by atoms with Gasteiger partial charge in [-0.15, -0.1) is 13.2 Å². The highest BCUT2D eigenvalue weighted by Crippen LogP contribution is 2.28. The zero-order valence-corrected chi connectivity index (χ0v) is 24.0. The average Bonchev–Trinajstić information content (AvgIpc) is 3.35. The molecule has 0 amide bonds. The van der Waals surface area contributed by atoms with Crippen LogP contribution in [-0.2, 0) is 11.3 Å². The fourth-order valence-electron chi connectivity index (χ4n) is 3.70. The molecule has 2 aromatic heterocycles. The number of nitrogens with one attached hydrogen (secondary N) is 2. The molecule has 2 heterocycles. The van der Waals surface area contributed by atoms with Gasteiger partial charge in [0.1, 0.15) is 18.4 Å². The lowest BCUT2D eigenvalue weighted by Gasteiger charge is -2.12. The molecule has 3 aromatic carbocycles. The van der Waals surface area contributed by atoms with Gasteiger partial charge < -0.3 is 15.4 Å². The van der Waals surface area contributed by atoms with Crippen LogP contribution in [0.3, 0.4) is 0 Å². The smallest absolute Gasteiger partial charge is 0.172 e. The number of carbonyl (C=O) groups excluding carboxylic acids is 1. The van der Waals surface area contributed by atoms with E-state index in [0.717, 1.165) is 38.4 Å². The second kappa shape index (κ2) is 15.8. The van der Waals surface area contributed by atoms with E-state index in [1.54, 1.807) is 12.3 Å². The van der Waals surface area contributed by atoms with Crippen LogP contribution in [-0.4, -0.2) is 28.4 Å². The van der Waals surface area contributed by atoms with Crippen molar-refractivity contribution in [2.45, 2.75) is 20.4 Å². The molecule has 6 nitrogen and oxygen atoms in total. The van der Waals surface area contributed by atoms with Crippen molar-refractivity contribution in [3.63, 3.8) is 0 Å². The molecule has 5 aromatic rings. The molecule has 0 spiro atoms. The molecule has 0 bridgehead atoms. The van der Waals surface area contributed by atoms with Gasteiger partial charge in [0.2, 0.25) is 0 Å². The molecule has 39 heavy (non-hydrogen) atoms. The minimum absolute atomic E-state index is 0.162. The van der Waals surface area contributed by atoms with E-state index in [-0.39, 0.29) is 5.82 Å². The van der Waals surface area contributed by atoms with Crippen LogP contribution in [0.2, 0.25) is 0 Å². The number of aryl methyl sites for hydroxylation is 2. The fourth-order valence-corrected chi connectivity index (χ4v) is 4.04. The normalized spacial score (nSPS) is 9.67. The van der Waals surface area contributed by atoms with Crippen molar-refractivity contribution in [2.24, 2.45) is 0 Å². The molecule has 8 heteroatoms. The van der Waals surface area contributed by atoms with Gasteiger partial charge in [0.15, 0.2) is 5.65 Å². The Hall–Kier alpha value is -4.30. The number of rotatable bonds is 5. The highest BCUT2D eigenvalue weighted by Gasteiger charge is 2.12. The Kier molecular flexibility index (Phi) is 12.6. The maximum absolute atomic E-state index is 12.2. The van der Waals surface area contributed by atoms with Gasteiger partial charge in [-0.3, -0.25) is 0 Å². The van der Waals surface area contributed by atoms with Crippen LogP contribution in [0, 0.1) is 19.7 Å². The van der Waals surface area contributed by atoms with Gasteiger partial charge in [-0.2, -0.15) is 9.61 Å². The summed E-state index contributed by atoms with van der Waals surface area (Å²) in [5.41, 5.74) is 7.28. The number of aromatic nitrogens is 3. The molecule has 0 unspecified atom stereocenters. The monoisotopic (exact) mass is 589 g/mol. The van der Waals surface area contributed by atoms with Gasteiger partial charge in [-0.1, -0.05) is 48.5 Å². The third kappa shape index (κ3) is 8.61. The molecule has 0 atom stereocenters. The Bertz CT molecular complexity index is 1470. The number of hydrogen-bond acceptors (Lipinski definition) is 5. The quantitative estimate of drug-likeness (QED) is 0.204. The lowest BCUT2D eigenvalue weighted by molar-refractivity contribution is -0.0980. The third-order valence-corrected chi connectivity index (χ3v) is 6.08. The Morgan fingerprint density at radius 1 is 0.949 bits per heavy atom. The van der Waals surface area contributed by atoms with Gasteiger partial charge in [0, 0.05) is 30.9 Å². The van der Waals surface area contributed by atoms with Gasteiger partial charge in [0.25, 0.3) is 0 Å². The van der Waals surface area contributed by atoms with Crippen LogP contribution in [0.1, 0.15) is 16.7 Å². The van der Waals surface area contributed by atoms with E-state index >= 15 is 0 Å². The summed E-state index contributed by atoms with van der Waals surface area (Å²) in [5, 5.41) is 11.1. The predicted molar refractivity (Wildman–Crippen MR) is 164 cm³/mol. The van der Waals surface area contributed by atoms with Crippen molar-refractivity contribution in [2.75, 3.05) is 17.7 Å². The fraction of sp³-hybridized carbons (Fsp3) is 0.129. The van der Waals surface area contributed by atoms with Crippen LogP contribution < -0.4 is 10.6 Å². The summed E-state index contributed by atoms with van der Waals surface area (Å²) < 4.78 is 14.9. The van der Waals surface area contributed by atoms with Crippen LogP contribution >= 0.6 is 15.9 Å². The molecule has 0 saturated carbocycles. The molecule has 0 fully saturated rings. The topological polar surface area (TPSA) is 71.3 Å². The van der Waals surface area contributed by atoms with Crippen molar-refractivity contribution < 1.29 is 9.18 Å². The molecule has 0 aliphatic rings. The van der Waals surface area contributed by atoms with E-state index in [0.29, 0.717) is 6.54 Å². The Labute approximate surface area is 237 Å². The standard InChI is InChI=1S/C21H20BrN5.C7H7F.C2H4.CH2O/c1-14-6-3-4-9-17(14)19-11-20(27-21(26-19)18(22)13-25-27)24-12-15-7-5-8-16(10-15)23-2;1-6-3-2-4-7(8)5-6;2*1-2/h3-11,13,23-24H,12H2,1-2H3;2-5H,1H3;1-2H2;1H2. The first kappa shape index (κ1) is 30.9. The predicted octanol–water partition coefficient (Wildman–Crippen LogP) is 7.87. The summed E-state index contributed by atoms with van der Waals surface area (Å²) >= 11 is 3.56. The Morgan fingerprint density at radius 2 is 1.67 bits per heavy atom. The lowest BCUT2D eigenvalue weighted by atomic mass is 10.1. The number of halogens is 2. The van der Waals surface area contributed by atoms with E-state index in [1.165, 1.54) is 23.3 Å². The summed E-state index contributed by atoms with van der Waals surface area (Å²) in [4.78, 5) is 12.8. The average molecular weight is 591 g/mol. The van der Waals surface area contributed by atoms with E-state index in [4.69, 9.17) is 9.78 Å². The highest BCUT2D eigenvalue weighted by molar-refractivity contribution is 9.10. The van der Waals surface area contributed by atoms with Crippen LogP contribution in [0.25, 0.3) is 16.9 Å². The molecule has 5 rings (SSSR count). The van der Waals surface area contributed by atoms with Gasteiger partial charge in [-0.05, 0) is 70.7 Å². The largest absolute Gasteiger partial charge is 0.388 e. The van der Waals surface area contributed by atoms with Crippen molar-refractivity contribution in [1.82, 2.24) is 14.6 Å². The van der Waals surface area contributed by atoms with Crippen molar-refractivity contribution in [3.8, 4) is 11.3 Å². The maximum Gasteiger partial charge on any atom is 0.172 e. The number of anilines is 2. The van der Waals surface area contributed by atoms with E-state index in [2.05, 4.69) is 88.1 Å². The van der Waals surface area contributed by atoms with Crippen molar-refractivity contribution >= 4 is 39.9 Å². The Balaban J connectivity index is 0.000000375. The minimum Gasteiger partial charge on any atom is -0.388 e. The lowest BCUT2D eigenvalue weighted by Crippen LogP contribution is -2.07. The molecule has 0 radical (unpaired) electrons. The molecular formula is C31H33BrFN5O. The molecule has 0 saturated heterocycles. The molecule has 2 N–H and O–H groups in total. The summed E-state index contributed by atoms with van der Waals surface area (Å²) in [6.45, 7) is 12.7. The summed E-state index contributed by atoms with van der Waals surface area (Å²) in [5.74, 6) is 0.740. The second-order valence-corrected chi connectivity index (χ2v) is 9.03. The summed E-state index contributed by atoms with van der Waals surface area (Å²) in [7, 11) is 1.93. The number of fused-ring (bicyclic) bond motifs is 1. The number of benzene rings is 3. The summed E-state index contributed by atoms with van der Waals surface area (Å²) in [6.07, 6.45) is 1.77. The van der Waals surface area contributed by atoms with Crippen LogP contribution in [0.5, 0.6) is 0 Å². The zero-order valence-electron chi connectivity index (χ0n) is 22.4. The van der Waals surface area contributed by atoms with Crippen LogP contribution in [0.15, 0.2) is 103 Å². The summed E-state index contributed by atoms with van der Waals surface area (Å²) in [6, 6.07) is 25.2. The number of nitrogens with zero attached hydrogens (tertiary/aromatic N) is 3. The first-order valence-electron chi connectivity index (χ1n) is 12.1. The molecule has 0 aliphatic carbocycles. The van der Waals surface area contributed by atoms with E-state index < -0.39 is 0 Å². The van der Waals surface area contributed by atoms with Gasteiger partial charge in [0.05, 0.1) is 16.4 Å². The first-order valence-corrected chi connectivity index (χ1v) is 12.9. The molecular weight excluding hydrogens is 557 g/mol. The second-order valence-electron chi connectivity index (χ2n) is 8.17. The molecule has 202 valence electrons. The van der Waals surface area contributed by atoms with Gasteiger partial charge >= 0.3 is 0 Å². The van der Waals surface area contributed by atoms with E-state index in [9.17, 15) is 4.39 Å². The highest BCUT2D eigenvalue weighted by atomic mass is 79.9. The zero-order chi connectivity index (χ0) is 28.8. The maximum atomic E-state index is 12.2. The third-order valence-electron chi connectivity index (χ3n) is 5.52.